The second kappa shape index (κ2) is 8.09. The molecule has 6 nitrogen and oxygen atoms in total. The number of thiocarbonyl (C=S) groups is 1. The van der Waals surface area contributed by atoms with Crippen LogP contribution in [0.4, 0.5) is 5.69 Å². The van der Waals surface area contributed by atoms with Crippen LogP contribution < -0.4 is 16.2 Å². The number of rotatable bonds is 4. The number of aromatic nitrogens is 2. The van der Waals surface area contributed by atoms with E-state index < -0.39 is 0 Å². The molecule has 0 spiro atoms. The smallest absolute Gasteiger partial charge is 0.282 e. The summed E-state index contributed by atoms with van der Waals surface area (Å²) >= 11 is 11.9. The molecule has 0 atom stereocenters. The minimum atomic E-state index is -0.341. The second-order valence-corrected chi connectivity index (χ2v) is 6.20. The fourth-order valence-electron chi connectivity index (χ4n) is 1.62. The molecule has 0 aliphatic carbocycles. The number of nitrogens with zero attached hydrogens (tertiary/aromatic N) is 2. The Balaban J connectivity index is 1.88. The first-order valence-electron chi connectivity index (χ1n) is 6.47. The van der Waals surface area contributed by atoms with Gasteiger partial charge in [-0.15, -0.1) is 0 Å². The molecule has 1 aromatic heterocycles. The molecule has 0 bridgehead atoms. The quantitative estimate of drug-likeness (QED) is 0.635. The number of amides is 1. The Kier molecular flexibility index (Phi) is 6.14. The molecular weight excluding hydrogens is 356 g/mol. The van der Waals surface area contributed by atoms with Crippen LogP contribution in [0.25, 0.3) is 0 Å². The van der Waals surface area contributed by atoms with Crippen LogP contribution in [0.1, 0.15) is 0 Å². The highest BCUT2D eigenvalue weighted by atomic mass is 35.5. The predicted molar refractivity (Wildman–Crippen MR) is 96.0 cm³/mol. The Labute approximate surface area is 147 Å². The summed E-state index contributed by atoms with van der Waals surface area (Å²) in [5, 5.41) is 5.97. The lowest BCUT2D eigenvalue weighted by molar-refractivity contribution is -0.117. The zero-order chi connectivity index (χ0) is 16.8. The highest BCUT2D eigenvalue weighted by molar-refractivity contribution is 7.99. The molecule has 0 unspecified atom stereocenters. The van der Waals surface area contributed by atoms with Crippen LogP contribution in [0.5, 0.6) is 0 Å². The van der Waals surface area contributed by atoms with E-state index in [1.807, 2.05) is 30.3 Å². The number of benzene rings is 1. The predicted octanol–water partition coefficient (Wildman–Crippen LogP) is 2.04. The van der Waals surface area contributed by atoms with Crippen molar-refractivity contribution < 1.29 is 4.79 Å². The standard InChI is InChI=1S/C14H13ClN4O2S2/c1-19-7-10(15)17-12(13(19)21)23-8-11(20)18-14(22)16-9-5-3-2-4-6-9/h2-7H,8H2,1H3,(H2,16,18,20,22). The van der Waals surface area contributed by atoms with E-state index >= 15 is 0 Å². The van der Waals surface area contributed by atoms with Crippen molar-refractivity contribution in [3.05, 3.63) is 52.0 Å². The van der Waals surface area contributed by atoms with Crippen LogP contribution in [-0.2, 0) is 11.8 Å². The lowest BCUT2D eigenvalue weighted by Crippen LogP contribution is -2.35. The summed E-state index contributed by atoms with van der Waals surface area (Å²) < 4.78 is 1.32. The fourth-order valence-corrected chi connectivity index (χ4v) is 2.90. The summed E-state index contributed by atoms with van der Waals surface area (Å²) in [6.45, 7) is 0. The summed E-state index contributed by atoms with van der Waals surface area (Å²) in [5.41, 5.74) is 0.466. The van der Waals surface area contributed by atoms with E-state index in [-0.39, 0.29) is 32.5 Å². The highest BCUT2D eigenvalue weighted by Crippen LogP contribution is 2.13. The second-order valence-electron chi connectivity index (χ2n) is 4.44. The minimum Gasteiger partial charge on any atom is -0.332 e. The zero-order valence-corrected chi connectivity index (χ0v) is 14.5. The lowest BCUT2D eigenvalue weighted by atomic mass is 10.3. The van der Waals surface area contributed by atoms with Crippen molar-refractivity contribution in [2.45, 2.75) is 5.03 Å². The van der Waals surface area contributed by atoms with Gasteiger partial charge < -0.3 is 15.2 Å². The maximum absolute atomic E-state index is 11.9. The fraction of sp³-hybridized carbons (Fsp3) is 0.143. The van der Waals surface area contributed by atoms with Gasteiger partial charge in [-0.1, -0.05) is 41.6 Å². The van der Waals surface area contributed by atoms with Gasteiger partial charge in [-0.25, -0.2) is 4.98 Å². The van der Waals surface area contributed by atoms with Gasteiger partial charge in [0, 0.05) is 18.9 Å². The molecule has 0 aliphatic heterocycles. The monoisotopic (exact) mass is 368 g/mol. The number of carbonyl (C=O) groups is 1. The third-order valence-electron chi connectivity index (χ3n) is 2.64. The first-order valence-corrected chi connectivity index (χ1v) is 8.25. The van der Waals surface area contributed by atoms with Gasteiger partial charge in [-0.3, -0.25) is 9.59 Å². The number of hydrogen-bond donors (Lipinski definition) is 2. The number of thioether (sulfide) groups is 1. The Bertz CT molecular complexity index is 780. The van der Waals surface area contributed by atoms with Crippen molar-refractivity contribution in [2.75, 3.05) is 11.1 Å². The van der Waals surface area contributed by atoms with Crippen LogP contribution in [0.15, 0.2) is 46.3 Å². The molecule has 1 heterocycles. The summed E-state index contributed by atoms with van der Waals surface area (Å²) in [6, 6.07) is 9.23. The minimum absolute atomic E-state index is 0.000802. The molecule has 0 fully saturated rings. The number of anilines is 1. The van der Waals surface area contributed by atoms with Crippen LogP contribution in [0, 0.1) is 0 Å². The van der Waals surface area contributed by atoms with Crippen molar-refractivity contribution in [3.8, 4) is 0 Å². The molecule has 23 heavy (non-hydrogen) atoms. The van der Waals surface area contributed by atoms with Crippen molar-refractivity contribution in [3.63, 3.8) is 0 Å². The van der Waals surface area contributed by atoms with Crippen LogP contribution in [0.3, 0.4) is 0 Å². The average molecular weight is 369 g/mol. The van der Waals surface area contributed by atoms with E-state index in [0.29, 0.717) is 0 Å². The summed E-state index contributed by atoms with van der Waals surface area (Å²) in [5.74, 6) is -0.341. The van der Waals surface area contributed by atoms with Gasteiger partial charge in [0.05, 0.1) is 5.75 Å². The molecule has 0 radical (unpaired) electrons. The Morgan fingerprint density at radius 1 is 1.39 bits per heavy atom. The summed E-state index contributed by atoms with van der Waals surface area (Å²) in [4.78, 5) is 27.6. The summed E-state index contributed by atoms with van der Waals surface area (Å²) in [7, 11) is 1.57. The zero-order valence-electron chi connectivity index (χ0n) is 12.1. The molecule has 1 amide bonds. The molecular formula is C14H13ClN4O2S2. The molecule has 9 heteroatoms. The third kappa shape index (κ3) is 5.34. The lowest BCUT2D eigenvalue weighted by Gasteiger charge is -2.09. The van der Waals surface area contributed by atoms with E-state index in [0.717, 1.165) is 17.4 Å². The van der Waals surface area contributed by atoms with Gasteiger partial charge in [-0.2, -0.15) is 0 Å². The van der Waals surface area contributed by atoms with Crippen molar-refractivity contribution in [2.24, 2.45) is 7.05 Å². The van der Waals surface area contributed by atoms with Gasteiger partial charge in [0.15, 0.2) is 10.1 Å². The van der Waals surface area contributed by atoms with Gasteiger partial charge in [0.2, 0.25) is 5.91 Å². The van der Waals surface area contributed by atoms with Crippen LogP contribution in [0.2, 0.25) is 5.15 Å². The SMILES string of the molecule is Cn1cc(Cl)nc(SCC(=O)NC(=S)Nc2ccccc2)c1=O. The largest absolute Gasteiger partial charge is 0.332 e. The number of para-hydroxylation sites is 1. The van der Waals surface area contributed by atoms with E-state index in [1.54, 1.807) is 7.05 Å². The van der Waals surface area contributed by atoms with E-state index in [1.165, 1.54) is 10.8 Å². The number of halogens is 1. The topological polar surface area (TPSA) is 76.0 Å². The van der Waals surface area contributed by atoms with Gasteiger partial charge in [0.25, 0.3) is 5.56 Å². The number of hydrogen-bond acceptors (Lipinski definition) is 5. The van der Waals surface area contributed by atoms with Crippen molar-refractivity contribution in [1.29, 1.82) is 0 Å². The Morgan fingerprint density at radius 3 is 2.78 bits per heavy atom. The van der Waals surface area contributed by atoms with Crippen molar-refractivity contribution >= 4 is 52.3 Å². The molecule has 0 saturated carbocycles. The maximum Gasteiger partial charge on any atom is 0.282 e. The molecule has 120 valence electrons. The normalized spacial score (nSPS) is 10.2. The number of carbonyl (C=O) groups excluding carboxylic acids is 1. The van der Waals surface area contributed by atoms with Crippen LogP contribution >= 0.6 is 35.6 Å². The molecule has 2 N–H and O–H groups in total. The Hall–Kier alpha value is -1.90. The van der Waals surface area contributed by atoms with E-state index in [2.05, 4.69) is 15.6 Å². The maximum atomic E-state index is 11.9. The van der Waals surface area contributed by atoms with E-state index in [9.17, 15) is 9.59 Å². The molecule has 0 aliphatic rings. The highest BCUT2D eigenvalue weighted by Gasteiger charge is 2.11. The van der Waals surface area contributed by atoms with E-state index in [4.69, 9.17) is 23.8 Å². The molecule has 0 saturated heterocycles. The van der Waals surface area contributed by atoms with Crippen LogP contribution in [-0.4, -0.2) is 26.3 Å². The molecule has 1 aromatic carbocycles. The molecule has 2 rings (SSSR count). The summed E-state index contributed by atoms with van der Waals surface area (Å²) in [6.07, 6.45) is 1.41. The van der Waals surface area contributed by atoms with Gasteiger partial charge in [0.1, 0.15) is 5.15 Å². The first kappa shape index (κ1) is 17.5. The Morgan fingerprint density at radius 2 is 2.09 bits per heavy atom. The first-order chi connectivity index (χ1) is 11.0. The van der Waals surface area contributed by atoms with Gasteiger partial charge in [-0.05, 0) is 24.4 Å². The average Bonchev–Trinajstić information content (AvgIpc) is 2.50. The van der Waals surface area contributed by atoms with Gasteiger partial charge >= 0.3 is 0 Å². The van der Waals surface area contributed by atoms with Crippen molar-refractivity contribution in [1.82, 2.24) is 14.9 Å². The number of aryl methyl sites for hydroxylation is 1. The third-order valence-corrected chi connectivity index (χ3v) is 3.97. The number of nitrogens with one attached hydrogen (secondary N) is 2. The molecule has 2 aromatic rings.